The predicted molar refractivity (Wildman–Crippen MR) is 142 cm³/mol. The largest absolute Gasteiger partial charge is 0.493 e. The minimum absolute atomic E-state index is 0.0593. The normalized spacial score (nSPS) is 33.1. The van der Waals surface area contributed by atoms with Gasteiger partial charge in [0.15, 0.2) is 24.0 Å². The van der Waals surface area contributed by atoms with E-state index in [1.54, 1.807) is 12.1 Å². The first-order valence-corrected chi connectivity index (χ1v) is 13.6. The summed E-state index contributed by atoms with van der Waals surface area (Å²) < 4.78 is 32.9. The number of methoxy groups -OCH3 is 3. The number of hydrogen-bond acceptors (Lipinski definition) is 14. The van der Waals surface area contributed by atoms with Crippen LogP contribution in [0.2, 0.25) is 0 Å². The molecule has 0 aromatic heterocycles. The molecule has 8 N–H and O–H groups in total. The Balaban J connectivity index is 1.90. The predicted octanol–water partition coefficient (Wildman–Crippen LogP) is -2.91. The van der Waals surface area contributed by atoms with Crippen LogP contribution in [0.4, 0.5) is 4.79 Å². The van der Waals surface area contributed by atoms with Gasteiger partial charge in [-0.15, -0.1) is 11.6 Å². The summed E-state index contributed by atoms with van der Waals surface area (Å²) in [5.41, 5.74) is 0.455. The number of benzene rings is 1. The minimum Gasteiger partial charge on any atom is -0.493 e. The molecule has 2 amide bonds. The van der Waals surface area contributed by atoms with Crippen molar-refractivity contribution in [3.05, 3.63) is 17.7 Å². The van der Waals surface area contributed by atoms with Crippen molar-refractivity contribution in [2.75, 3.05) is 47.0 Å². The summed E-state index contributed by atoms with van der Waals surface area (Å²) in [6.45, 7) is -1.65. The first kappa shape index (κ1) is 34.3. The highest BCUT2D eigenvalue weighted by Gasteiger charge is 2.52. The summed E-state index contributed by atoms with van der Waals surface area (Å²) >= 11 is 5.74. The summed E-state index contributed by atoms with van der Waals surface area (Å²) in [5.74, 6) is 0.966. The van der Waals surface area contributed by atoms with Crippen molar-refractivity contribution < 1.29 is 69.0 Å². The molecule has 0 aliphatic carbocycles. The number of halogens is 1. The number of alkyl halides is 1. The number of urea groups is 1. The molecule has 17 heteroatoms. The lowest BCUT2D eigenvalue weighted by molar-refractivity contribution is -0.347. The van der Waals surface area contributed by atoms with E-state index in [1.807, 2.05) is 0 Å². The van der Waals surface area contributed by atoms with Gasteiger partial charge in [0.2, 0.25) is 5.75 Å². The molecule has 2 aliphatic rings. The fourth-order valence-corrected chi connectivity index (χ4v) is 4.88. The SMILES string of the molecule is COc1cc(CN(C(=O)NCCCl)C2O[C@H](CO)[C@@H](O[C@H]3O[C@H](CO)[C@@H](O)[C@H](O)[C@H]3O)[C@H](O)[C@H]2O)cc(OC)c1OC. The third-order valence-electron chi connectivity index (χ3n) is 7.00. The van der Waals surface area contributed by atoms with Gasteiger partial charge in [-0.1, -0.05) is 0 Å². The van der Waals surface area contributed by atoms with Crippen molar-refractivity contribution >= 4 is 17.6 Å². The molecule has 10 atom stereocenters. The van der Waals surface area contributed by atoms with E-state index in [0.717, 1.165) is 4.90 Å². The van der Waals surface area contributed by atoms with E-state index in [1.165, 1.54) is 21.3 Å². The Morgan fingerprint density at radius 1 is 0.881 bits per heavy atom. The third-order valence-corrected chi connectivity index (χ3v) is 7.18. The first-order chi connectivity index (χ1) is 20.1. The van der Waals surface area contributed by atoms with Crippen LogP contribution < -0.4 is 19.5 Å². The molecule has 42 heavy (non-hydrogen) atoms. The maximum Gasteiger partial charge on any atom is 0.319 e. The van der Waals surface area contributed by atoms with Crippen molar-refractivity contribution in [2.45, 2.75) is 67.9 Å². The van der Waals surface area contributed by atoms with Crippen LogP contribution in [0.3, 0.4) is 0 Å². The Bertz CT molecular complexity index is 994. The number of nitrogens with zero attached hydrogens (tertiary/aromatic N) is 1. The number of aliphatic hydroxyl groups is 7. The van der Waals surface area contributed by atoms with Gasteiger partial charge in [0.1, 0.15) is 48.8 Å². The standard InChI is InChI=1S/C25H39ClN2O14/c1-37-12-6-11(7-13(38-2)21(12)39-3)8-28(25(36)27-5-4-26)23-19(34)18(33)22(15(10-30)40-23)42-24-20(35)17(32)16(31)14(9-29)41-24/h6-7,14-20,22-24,29-35H,4-5,8-10H2,1-3H3,(H,27,36)/t14-,15-,16-,17+,18-,19-,20-,22-,23?,24-/m1/s1. The molecule has 3 rings (SSSR count). The number of hydrogen-bond donors (Lipinski definition) is 8. The fourth-order valence-electron chi connectivity index (χ4n) is 4.78. The number of carbonyl (C=O) groups excluding carboxylic acids is 1. The zero-order valence-corrected chi connectivity index (χ0v) is 24.0. The van der Waals surface area contributed by atoms with E-state index in [2.05, 4.69) is 5.32 Å². The summed E-state index contributed by atoms with van der Waals surface area (Å²) in [4.78, 5) is 14.3. The Labute approximate surface area is 246 Å². The van der Waals surface area contributed by atoms with E-state index in [9.17, 15) is 40.5 Å². The van der Waals surface area contributed by atoms with Crippen molar-refractivity contribution in [1.29, 1.82) is 0 Å². The van der Waals surface area contributed by atoms with Gasteiger partial charge in [-0.25, -0.2) is 4.79 Å². The molecule has 0 radical (unpaired) electrons. The van der Waals surface area contributed by atoms with E-state index in [-0.39, 0.29) is 19.0 Å². The van der Waals surface area contributed by atoms with Crippen LogP contribution in [0.5, 0.6) is 17.2 Å². The lowest BCUT2D eigenvalue weighted by Gasteiger charge is -2.48. The molecule has 0 saturated carbocycles. The molecule has 0 bridgehead atoms. The monoisotopic (exact) mass is 626 g/mol. The lowest BCUT2D eigenvalue weighted by atomic mass is 9.96. The quantitative estimate of drug-likeness (QED) is 0.109. The van der Waals surface area contributed by atoms with Crippen LogP contribution in [0.1, 0.15) is 5.56 Å². The average Bonchev–Trinajstić information content (AvgIpc) is 3.00. The second-order valence-corrected chi connectivity index (χ2v) is 9.99. The highest BCUT2D eigenvalue weighted by atomic mass is 35.5. The van der Waals surface area contributed by atoms with Gasteiger partial charge in [-0.2, -0.15) is 0 Å². The molecule has 0 spiro atoms. The lowest BCUT2D eigenvalue weighted by Crippen LogP contribution is -2.67. The number of amides is 2. The number of ether oxygens (including phenoxy) is 6. The van der Waals surface area contributed by atoms with Gasteiger partial charge in [0.05, 0.1) is 41.1 Å². The van der Waals surface area contributed by atoms with Gasteiger partial charge >= 0.3 is 6.03 Å². The fraction of sp³-hybridized carbons (Fsp3) is 0.720. The second-order valence-electron chi connectivity index (χ2n) is 9.61. The van der Waals surface area contributed by atoms with Crippen molar-refractivity contribution in [3.8, 4) is 17.2 Å². The van der Waals surface area contributed by atoms with Gasteiger partial charge in [0.25, 0.3) is 0 Å². The van der Waals surface area contributed by atoms with Crippen molar-refractivity contribution in [2.24, 2.45) is 0 Å². The molecule has 1 unspecified atom stereocenters. The highest BCUT2D eigenvalue weighted by Crippen LogP contribution is 2.39. The van der Waals surface area contributed by atoms with Crippen molar-refractivity contribution in [3.63, 3.8) is 0 Å². The van der Waals surface area contributed by atoms with Crippen LogP contribution >= 0.6 is 11.6 Å². The van der Waals surface area contributed by atoms with Gasteiger partial charge in [-0.3, -0.25) is 4.90 Å². The van der Waals surface area contributed by atoms with E-state index >= 15 is 0 Å². The molecule has 2 aliphatic heterocycles. The van der Waals surface area contributed by atoms with Crippen LogP contribution in [0.25, 0.3) is 0 Å². The van der Waals surface area contributed by atoms with Crippen LogP contribution in [-0.2, 0) is 20.8 Å². The highest BCUT2D eigenvalue weighted by molar-refractivity contribution is 6.18. The number of nitrogens with one attached hydrogen (secondary N) is 1. The molecule has 240 valence electrons. The van der Waals surface area contributed by atoms with E-state index < -0.39 is 80.6 Å². The van der Waals surface area contributed by atoms with Crippen LogP contribution in [0, 0.1) is 0 Å². The first-order valence-electron chi connectivity index (χ1n) is 13.0. The molecular formula is C25H39ClN2O14. The Morgan fingerprint density at radius 2 is 1.50 bits per heavy atom. The zero-order valence-electron chi connectivity index (χ0n) is 23.3. The van der Waals surface area contributed by atoms with Gasteiger partial charge in [-0.05, 0) is 17.7 Å². The summed E-state index contributed by atoms with van der Waals surface area (Å²) in [6.07, 6.45) is -16.4. The van der Waals surface area contributed by atoms with E-state index in [0.29, 0.717) is 22.8 Å². The zero-order chi connectivity index (χ0) is 31.1. The van der Waals surface area contributed by atoms with Gasteiger partial charge < -0.3 is 69.5 Å². The smallest absolute Gasteiger partial charge is 0.319 e. The maximum atomic E-state index is 13.2. The molecule has 2 heterocycles. The molecule has 1 aromatic carbocycles. The summed E-state index contributed by atoms with van der Waals surface area (Å²) in [5, 5.41) is 74.8. The topological polar surface area (TPSA) is 229 Å². The Morgan fingerprint density at radius 3 is 2.02 bits per heavy atom. The molecule has 2 fully saturated rings. The number of carbonyl (C=O) groups is 1. The van der Waals surface area contributed by atoms with Crippen molar-refractivity contribution in [1.82, 2.24) is 10.2 Å². The minimum atomic E-state index is -1.83. The number of rotatable bonds is 12. The maximum absolute atomic E-state index is 13.2. The summed E-state index contributed by atoms with van der Waals surface area (Å²) in [6, 6.07) is 2.41. The third kappa shape index (κ3) is 7.28. The van der Waals surface area contributed by atoms with Gasteiger partial charge in [0, 0.05) is 12.4 Å². The van der Waals surface area contributed by atoms with E-state index in [4.69, 9.17) is 40.0 Å². The molecular weight excluding hydrogens is 588 g/mol. The molecule has 2 saturated heterocycles. The molecule has 1 aromatic rings. The average molecular weight is 627 g/mol. The van der Waals surface area contributed by atoms with Crippen LogP contribution in [0.15, 0.2) is 12.1 Å². The Kier molecular flexibility index (Phi) is 12.6. The second kappa shape index (κ2) is 15.5. The summed E-state index contributed by atoms with van der Waals surface area (Å²) in [7, 11) is 4.26. The Hall–Kier alpha value is -2.22. The molecule has 16 nitrogen and oxygen atoms in total. The van der Waals surface area contributed by atoms with Crippen LogP contribution in [-0.4, -0.2) is 155 Å². The number of aliphatic hydroxyl groups excluding tert-OH is 7.